The third-order valence-corrected chi connectivity index (χ3v) is 3.28. The van der Waals surface area contributed by atoms with E-state index in [0.29, 0.717) is 0 Å². The molecule has 0 aliphatic carbocycles. The van der Waals surface area contributed by atoms with Crippen LogP contribution in [0, 0.1) is 0 Å². The molecule has 1 aliphatic heterocycles. The Hall–Kier alpha value is -2.15. The van der Waals surface area contributed by atoms with E-state index >= 15 is 0 Å². The van der Waals surface area contributed by atoms with Gasteiger partial charge in [-0.2, -0.15) is 5.10 Å². The minimum atomic E-state index is -0.498. The minimum absolute atomic E-state index is 0.0403. The van der Waals surface area contributed by atoms with E-state index < -0.39 is 6.03 Å². The van der Waals surface area contributed by atoms with Crippen LogP contribution in [0.1, 0.15) is 5.56 Å². The molecule has 2 aromatic rings. The highest BCUT2D eigenvalue weighted by Gasteiger charge is 2.25. The molecule has 96 valence electrons. The van der Waals surface area contributed by atoms with Crippen LogP contribution in [-0.4, -0.2) is 34.7 Å². The third kappa shape index (κ3) is 2.24. The van der Waals surface area contributed by atoms with Crippen molar-refractivity contribution in [2.45, 2.75) is 0 Å². The topological polar surface area (TPSA) is 77.6 Å². The van der Waals surface area contributed by atoms with E-state index in [-0.39, 0.29) is 12.5 Å². The van der Waals surface area contributed by atoms with E-state index in [9.17, 15) is 9.59 Å². The van der Waals surface area contributed by atoms with E-state index in [1.807, 2.05) is 18.2 Å². The molecule has 2 heterocycles. The molecule has 0 saturated carbocycles. The predicted molar refractivity (Wildman–Crippen MR) is 73.8 cm³/mol. The number of H-pyrrole nitrogens is 1. The fraction of sp³-hybridized carbons (Fsp3) is 0.0833. The minimum Gasteiger partial charge on any atom is -0.361 e. The van der Waals surface area contributed by atoms with Crippen LogP contribution in [0.25, 0.3) is 10.9 Å². The van der Waals surface area contributed by atoms with Crippen LogP contribution in [-0.2, 0) is 4.79 Å². The van der Waals surface area contributed by atoms with E-state index in [4.69, 9.17) is 0 Å². The normalized spacial score (nSPS) is 15.7. The molecule has 2 N–H and O–H groups in total. The molecule has 19 heavy (non-hydrogen) atoms. The summed E-state index contributed by atoms with van der Waals surface area (Å²) in [4.78, 5) is 25.5. The van der Waals surface area contributed by atoms with Crippen LogP contribution in [0.5, 0.6) is 0 Å². The monoisotopic (exact) mass is 320 g/mol. The van der Waals surface area contributed by atoms with Crippen molar-refractivity contribution in [1.82, 2.24) is 15.3 Å². The summed E-state index contributed by atoms with van der Waals surface area (Å²) in [6.45, 7) is -0.0403. The van der Waals surface area contributed by atoms with Gasteiger partial charge in [0, 0.05) is 27.1 Å². The number of benzene rings is 1. The van der Waals surface area contributed by atoms with Gasteiger partial charge in [0.2, 0.25) is 5.91 Å². The lowest BCUT2D eigenvalue weighted by Crippen LogP contribution is -2.24. The van der Waals surface area contributed by atoms with Gasteiger partial charge in [-0.25, -0.2) is 9.80 Å². The fourth-order valence-corrected chi connectivity index (χ4v) is 2.24. The summed E-state index contributed by atoms with van der Waals surface area (Å²) in [7, 11) is 0. The van der Waals surface area contributed by atoms with Gasteiger partial charge in [-0.1, -0.05) is 15.9 Å². The van der Waals surface area contributed by atoms with Crippen molar-refractivity contribution in [2.75, 3.05) is 6.54 Å². The van der Waals surface area contributed by atoms with Crippen molar-refractivity contribution in [3.05, 3.63) is 34.4 Å². The maximum Gasteiger partial charge on any atom is 0.344 e. The molecule has 1 aliphatic rings. The number of aromatic nitrogens is 1. The van der Waals surface area contributed by atoms with Crippen LogP contribution in [0.2, 0.25) is 0 Å². The summed E-state index contributed by atoms with van der Waals surface area (Å²) in [6.07, 6.45) is 3.36. The number of nitrogens with one attached hydrogen (secondary N) is 2. The van der Waals surface area contributed by atoms with Crippen molar-refractivity contribution in [3.63, 3.8) is 0 Å². The Balaban J connectivity index is 1.91. The van der Waals surface area contributed by atoms with Gasteiger partial charge < -0.3 is 4.98 Å². The Kier molecular flexibility index (Phi) is 2.83. The van der Waals surface area contributed by atoms with Gasteiger partial charge in [0.25, 0.3) is 0 Å². The molecular weight excluding hydrogens is 312 g/mol. The lowest BCUT2D eigenvalue weighted by molar-refractivity contribution is -0.118. The van der Waals surface area contributed by atoms with Gasteiger partial charge in [0.05, 0.1) is 6.21 Å². The third-order valence-electron chi connectivity index (χ3n) is 2.79. The lowest BCUT2D eigenvalue weighted by atomic mass is 10.2. The summed E-state index contributed by atoms with van der Waals surface area (Å²) < 4.78 is 0.961. The SMILES string of the molecule is O=C1CN(/N=C/c2c[nH]c3ccc(Br)cc23)C(=O)N1. The number of halogens is 1. The molecule has 6 nitrogen and oxygen atoms in total. The highest BCUT2D eigenvalue weighted by Crippen LogP contribution is 2.21. The van der Waals surface area contributed by atoms with E-state index in [1.54, 1.807) is 12.4 Å². The van der Waals surface area contributed by atoms with Gasteiger partial charge in [-0.15, -0.1) is 0 Å². The Morgan fingerprint density at radius 3 is 2.95 bits per heavy atom. The first-order chi connectivity index (χ1) is 9.13. The van der Waals surface area contributed by atoms with Crippen molar-refractivity contribution in [1.29, 1.82) is 0 Å². The Bertz CT molecular complexity index is 707. The molecule has 1 fully saturated rings. The lowest BCUT2D eigenvalue weighted by Gasteiger charge is -2.03. The molecule has 3 rings (SSSR count). The summed E-state index contributed by atoms with van der Waals surface area (Å²) in [5, 5.41) is 8.27. The van der Waals surface area contributed by atoms with E-state index in [2.05, 4.69) is 31.3 Å². The number of carbonyl (C=O) groups excluding carboxylic acids is 2. The number of rotatable bonds is 2. The van der Waals surface area contributed by atoms with E-state index in [0.717, 1.165) is 25.9 Å². The number of carbonyl (C=O) groups is 2. The number of imide groups is 1. The van der Waals surface area contributed by atoms with Crippen molar-refractivity contribution < 1.29 is 9.59 Å². The number of hydrazone groups is 1. The number of urea groups is 1. The molecule has 0 atom stereocenters. The molecule has 0 radical (unpaired) electrons. The highest BCUT2D eigenvalue weighted by molar-refractivity contribution is 9.10. The van der Waals surface area contributed by atoms with E-state index in [1.165, 1.54) is 0 Å². The smallest absolute Gasteiger partial charge is 0.344 e. The zero-order valence-electron chi connectivity index (χ0n) is 9.68. The largest absolute Gasteiger partial charge is 0.361 e. The second-order valence-corrected chi connectivity index (χ2v) is 5.01. The molecule has 1 saturated heterocycles. The zero-order valence-corrected chi connectivity index (χ0v) is 11.3. The molecule has 0 bridgehead atoms. The van der Waals surface area contributed by atoms with Crippen LogP contribution >= 0.6 is 15.9 Å². The summed E-state index contributed by atoms with van der Waals surface area (Å²) in [5.74, 6) is -0.344. The average molecular weight is 321 g/mol. The van der Waals surface area contributed by atoms with Gasteiger partial charge in [0.1, 0.15) is 6.54 Å². The molecule has 0 unspecified atom stereocenters. The summed E-state index contributed by atoms with van der Waals surface area (Å²) >= 11 is 3.41. The van der Waals surface area contributed by atoms with Crippen molar-refractivity contribution in [2.24, 2.45) is 5.10 Å². The van der Waals surface area contributed by atoms with Gasteiger partial charge >= 0.3 is 6.03 Å². The van der Waals surface area contributed by atoms with Crippen molar-refractivity contribution >= 4 is 45.0 Å². The number of aromatic amines is 1. The summed E-state index contributed by atoms with van der Waals surface area (Å²) in [5.41, 5.74) is 1.83. The first-order valence-corrected chi connectivity index (χ1v) is 6.35. The van der Waals surface area contributed by atoms with Gasteiger partial charge in [0.15, 0.2) is 0 Å². The number of nitrogens with zero attached hydrogens (tertiary/aromatic N) is 2. The first-order valence-electron chi connectivity index (χ1n) is 5.55. The predicted octanol–water partition coefficient (Wildman–Crippen LogP) is 1.82. The maximum atomic E-state index is 11.3. The van der Waals surface area contributed by atoms with Crippen LogP contribution < -0.4 is 5.32 Å². The molecule has 0 spiro atoms. The Labute approximate surface area is 116 Å². The number of fused-ring (bicyclic) bond motifs is 1. The van der Waals surface area contributed by atoms with Crippen LogP contribution in [0.3, 0.4) is 0 Å². The van der Waals surface area contributed by atoms with Crippen LogP contribution in [0.15, 0.2) is 34.0 Å². The molecule has 3 amide bonds. The molecular formula is C12H9BrN4O2. The van der Waals surface area contributed by atoms with Gasteiger partial charge in [-0.3, -0.25) is 10.1 Å². The second-order valence-electron chi connectivity index (χ2n) is 4.09. The molecule has 7 heteroatoms. The number of hydrogen-bond donors (Lipinski definition) is 2. The highest BCUT2D eigenvalue weighted by atomic mass is 79.9. The number of amides is 3. The van der Waals surface area contributed by atoms with Gasteiger partial charge in [-0.05, 0) is 18.2 Å². The average Bonchev–Trinajstić information content (AvgIpc) is 2.90. The Morgan fingerprint density at radius 1 is 1.37 bits per heavy atom. The standard InChI is InChI=1S/C12H9BrN4O2/c13-8-1-2-10-9(3-8)7(4-14-10)5-15-17-6-11(18)16-12(17)19/h1-5,14H,6H2,(H,16,18,19)/b15-5+. The fourth-order valence-electron chi connectivity index (χ4n) is 1.88. The van der Waals surface area contributed by atoms with Crippen molar-refractivity contribution in [3.8, 4) is 0 Å². The Morgan fingerprint density at radius 2 is 2.21 bits per heavy atom. The number of hydrogen-bond acceptors (Lipinski definition) is 3. The zero-order chi connectivity index (χ0) is 13.4. The van der Waals surface area contributed by atoms with Crippen LogP contribution in [0.4, 0.5) is 4.79 Å². The molecule has 1 aromatic heterocycles. The maximum absolute atomic E-state index is 11.3. The quantitative estimate of drug-likeness (QED) is 0.654. The molecule has 1 aromatic carbocycles. The second kappa shape index (κ2) is 4.51. The first kappa shape index (κ1) is 11.9. The summed E-state index contributed by atoms with van der Waals surface area (Å²) in [6, 6.07) is 5.35.